The summed E-state index contributed by atoms with van der Waals surface area (Å²) in [6, 6.07) is 16.9. The van der Waals surface area contributed by atoms with Crippen LogP contribution in [0.5, 0.6) is 0 Å². The molecule has 0 bridgehead atoms. The Hall–Kier alpha value is -0.100. The molecule has 0 heterocycles. The van der Waals surface area contributed by atoms with Gasteiger partial charge in [0.25, 0.3) is 0 Å². The van der Waals surface area contributed by atoms with E-state index in [9.17, 15) is 0 Å². The molecule has 0 amide bonds. The monoisotopic (exact) mass is 406 g/mol. The SMILES string of the molecule is Ic1cccc(-c2ccccc2)c1I. The second-order valence-electron chi connectivity index (χ2n) is 2.97. The van der Waals surface area contributed by atoms with Gasteiger partial charge in [0.05, 0.1) is 0 Å². The average molecular weight is 406 g/mol. The molecule has 14 heavy (non-hydrogen) atoms. The van der Waals surface area contributed by atoms with E-state index >= 15 is 0 Å². The number of halogens is 2. The molecule has 70 valence electrons. The third-order valence-corrected chi connectivity index (χ3v) is 5.13. The lowest BCUT2D eigenvalue weighted by atomic mass is 10.1. The van der Waals surface area contributed by atoms with Crippen LogP contribution in [-0.2, 0) is 0 Å². The van der Waals surface area contributed by atoms with Gasteiger partial charge in [-0.1, -0.05) is 42.5 Å². The first kappa shape index (κ1) is 10.4. The summed E-state index contributed by atoms with van der Waals surface area (Å²) in [5.74, 6) is 0. The molecule has 0 saturated carbocycles. The minimum atomic E-state index is 1.29. The summed E-state index contributed by atoms with van der Waals surface area (Å²) in [6.07, 6.45) is 0. The molecule has 0 aliphatic heterocycles. The first-order valence-corrected chi connectivity index (χ1v) is 6.44. The maximum absolute atomic E-state index is 2.40. The van der Waals surface area contributed by atoms with Crippen LogP contribution >= 0.6 is 45.2 Å². The lowest BCUT2D eigenvalue weighted by Gasteiger charge is -2.05. The molecule has 2 rings (SSSR count). The van der Waals surface area contributed by atoms with Crippen LogP contribution in [-0.4, -0.2) is 0 Å². The lowest BCUT2D eigenvalue weighted by Crippen LogP contribution is -1.85. The summed E-state index contributed by atoms with van der Waals surface area (Å²) in [4.78, 5) is 0. The molecule has 0 nitrogen and oxygen atoms in total. The highest BCUT2D eigenvalue weighted by Gasteiger charge is 2.04. The standard InChI is InChI=1S/C12H8I2/c13-11-8-4-7-10(12(11)14)9-5-2-1-3-6-9/h1-8H. The summed E-state index contributed by atoms with van der Waals surface area (Å²) in [6.45, 7) is 0. The van der Waals surface area contributed by atoms with Gasteiger partial charge in [-0.3, -0.25) is 0 Å². The number of benzene rings is 2. The van der Waals surface area contributed by atoms with Crippen molar-refractivity contribution in [3.8, 4) is 11.1 Å². The molecule has 0 fully saturated rings. The van der Waals surface area contributed by atoms with Gasteiger partial charge in [0.2, 0.25) is 0 Å². The predicted octanol–water partition coefficient (Wildman–Crippen LogP) is 4.56. The van der Waals surface area contributed by atoms with Gasteiger partial charge >= 0.3 is 0 Å². The Morgan fingerprint density at radius 3 is 2.14 bits per heavy atom. The quantitative estimate of drug-likeness (QED) is 0.610. The van der Waals surface area contributed by atoms with Gasteiger partial charge in [-0.15, -0.1) is 0 Å². The maximum Gasteiger partial charge on any atom is 0.0342 e. The van der Waals surface area contributed by atoms with Crippen molar-refractivity contribution in [3.63, 3.8) is 0 Å². The van der Waals surface area contributed by atoms with Crippen LogP contribution < -0.4 is 0 Å². The normalized spacial score (nSPS) is 10.1. The van der Waals surface area contributed by atoms with Crippen molar-refractivity contribution < 1.29 is 0 Å². The van der Waals surface area contributed by atoms with Gasteiger partial charge < -0.3 is 0 Å². The number of rotatable bonds is 1. The highest BCUT2D eigenvalue weighted by atomic mass is 127. The zero-order chi connectivity index (χ0) is 9.97. The van der Waals surface area contributed by atoms with Crippen molar-refractivity contribution in [2.45, 2.75) is 0 Å². The predicted molar refractivity (Wildman–Crippen MR) is 77.3 cm³/mol. The third kappa shape index (κ3) is 2.11. The Morgan fingerprint density at radius 1 is 0.714 bits per heavy atom. The summed E-state index contributed by atoms with van der Waals surface area (Å²) >= 11 is 4.77. The zero-order valence-electron chi connectivity index (χ0n) is 7.37. The van der Waals surface area contributed by atoms with Gasteiger partial charge in [-0.25, -0.2) is 0 Å². The summed E-state index contributed by atoms with van der Waals surface area (Å²) < 4.78 is 2.64. The van der Waals surface area contributed by atoms with E-state index in [-0.39, 0.29) is 0 Å². The third-order valence-electron chi connectivity index (χ3n) is 2.04. The molecule has 2 heteroatoms. The van der Waals surface area contributed by atoms with Gasteiger partial charge in [0, 0.05) is 7.14 Å². The van der Waals surface area contributed by atoms with Gasteiger partial charge in [0.15, 0.2) is 0 Å². The molecule has 0 saturated heterocycles. The summed E-state index contributed by atoms with van der Waals surface area (Å²) in [5, 5.41) is 0. The molecule has 0 aromatic heterocycles. The average Bonchev–Trinajstić information content (AvgIpc) is 2.23. The molecule has 0 atom stereocenters. The largest absolute Gasteiger partial charge is 0.0622 e. The lowest BCUT2D eigenvalue weighted by molar-refractivity contribution is 1.54. The van der Waals surface area contributed by atoms with Gasteiger partial charge in [0.1, 0.15) is 0 Å². The van der Waals surface area contributed by atoms with Crippen molar-refractivity contribution in [2.24, 2.45) is 0 Å². The van der Waals surface area contributed by atoms with E-state index in [1.165, 1.54) is 18.3 Å². The Balaban J connectivity index is 2.58. The number of hydrogen-bond donors (Lipinski definition) is 0. The van der Waals surface area contributed by atoms with E-state index in [1.54, 1.807) is 0 Å². The smallest absolute Gasteiger partial charge is 0.0342 e. The molecule has 0 unspecified atom stereocenters. The summed E-state index contributed by atoms with van der Waals surface area (Å²) in [5.41, 5.74) is 2.61. The Labute approximate surface area is 111 Å². The van der Waals surface area contributed by atoms with Crippen molar-refractivity contribution >= 4 is 45.2 Å². The van der Waals surface area contributed by atoms with E-state index in [4.69, 9.17) is 0 Å². The van der Waals surface area contributed by atoms with Crippen molar-refractivity contribution in [3.05, 3.63) is 55.7 Å². The molecule has 2 aromatic carbocycles. The second kappa shape index (κ2) is 4.61. The highest BCUT2D eigenvalue weighted by Crippen LogP contribution is 2.28. The van der Waals surface area contributed by atoms with Crippen LogP contribution in [0.3, 0.4) is 0 Å². The van der Waals surface area contributed by atoms with E-state index in [1.807, 2.05) is 6.07 Å². The Kier molecular flexibility index (Phi) is 3.43. The molecule has 0 N–H and O–H groups in total. The van der Waals surface area contributed by atoms with Crippen LogP contribution in [0.2, 0.25) is 0 Å². The second-order valence-corrected chi connectivity index (χ2v) is 5.21. The van der Waals surface area contributed by atoms with Crippen LogP contribution in [0.1, 0.15) is 0 Å². The van der Waals surface area contributed by atoms with Crippen LogP contribution in [0.4, 0.5) is 0 Å². The fourth-order valence-corrected chi connectivity index (χ4v) is 2.51. The minimum Gasteiger partial charge on any atom is -0.0622 e. The molecule has 0 radical (unpaired) electrons. The van der Waals surface area contributed by atoms with Crippen LogP contribution in [0.15, 0.2) is 48.5 Å². The van der Waals surface area contributed by atoms with E-state index < -0.39 is 0 Å². The fraction of sp³-hybridized carbons (Fsp3) is 0. The topological polar surface area (TPSA) is 0 Å². The minimum absolute atomic E-state index is 1.29. The van der Waals surface area contributed by atoms with Crippen molar-refractivity contribution in [1.82, 2.24) is 0 Å². The fourth-order valence-electron chi connectivity index (χ4n) is 1.34. The van der Waals surface area contributed by atoms with Crippen molar-refractivity contribution in [2.75, 3.05) is 0 Å². The number of hydrogen-bond acceptors (Lipinski definition) is 0. The molecule has 0 spiro atoms. The molecule has 2 aromatic rings. The van der Waals surface area contributed by atoms with E-state index in [2.05, 4.69) is 87.6 Å². The first-order valence-electron chi connectivity index (χ1n) is 4.28. The van der Waals surface area contributed by atoms with E-state index in [0.29, 0.717) is 0 Å². The van der Waals surface area contributed by atoms with Crippen LogP contribution in [0.25, 0.3) is 11.1 Å². The van der Waals surface area contributed by atoms with Gasteiger partial charge in [-0.2, -0.15) is 0 Å². The first-order chi connectivity index (χ1) is 6.79. The maximum atomic E-state index is 2.40. The summed E-state index contributed by atoms with van der Waals surface area (Å²) in [7, 11) is 0. The molecular formula is C12H8I2. The van der Waals surface area contributed by atoms with Gasteiger partial charge in [-0.05, 0) is 62.4 Å². The molecule has 0 aliphatic carbocycles. The van der Waals surface area contributed by atoms with Crippen molar-refractivity contribution in [1.29, 1.82) is 0 Å². The molecular weight excluding hydrogens is 398 g/mol. The van der Waals surface area contributed by atoms with Crippen LogP contribution in [0, 0.1) is 7.14 Å². The Bertz CT molecular complexity index is 435. The highest BCUT2D eigenvalue weighted by molar-refractivity contribution is 14.1. The van der Waals surface area contributed by atoms with E-state index in [0.717, 1.165) is 0 Å². The zero-order valence-corrected chi connectivity index (χ0v) is 11.7. The molecule has 0 aliphatic rings. The Morgan fingerprint density at radius 2 is 1.43 bits per heavy atom.